The van der Waals surface area contributed by atoms with Gasteiger partial charge in [-0.2, -0.15) is 0 Å². The van der Waals surface area contributed by atoms with E-state index >= 15 is 0 Å². The summed E-state index contributed by atoms with van der Waals surface area (Å²) in [7, 11) is 0. The van der Waals surface area contributed by atoms with Gasteiger partial charge in [-0.1, -0.05) is 62.4 Å². The summed E-state index contributed by atoms with van der Waals surface area (Å²) in [5.74, 6) is -0.705. The van der Waals surface area contributed by atoms with Crippen LogP contribution in [0.25, 0.3) is 16.0 Å². The van der Waals surface area contributed by atoms with Crippen molar-refractivity contribution in [3.63, 3.8) is 0 Å². The number of fused-ring (bicyclic) bond motifs is 2. The van der Waals surface area contributed by atoms with E-state index in [1.54, 1.807) is 18.2 Å². The lowest BCUT2D eigenvalue weighted by Crippen LogP contribution is -2.29. The third kappa shape index (κ3) is 4.32. The summed E-state index contributed by atoms with van der Waals surface area (Å²) < 4.78 is 12.2. The average molecular weight is 555 g/mol. The Bertz CT molecular complexity index is 1710. The van der Waals surface area contributed by atoms with E-state index in [2.05, 4.69) is 20.8 Å². The molecule has 1 N–H and O–H groups in total. The summed E-state index contributed by atoms with van der Waals surface area (Å²) in [4.78, 5) is 33.6. The molecule has 204 valence electrons. The fourth-order valence-electron chi connectivity index (χ4n) is 5.32. The van der Waals surface area contributed by atoms with Gasteiger partial charge in [0, 0.05) is 5.56 Å². The molecule has 0 saturated carbocycles. The van der Waals surface area contributed by atoms with E-state index < -0.39 is 17.7 Å². The Hall–Kier alpha value is -4.17. The van der Waals surface area contributed by atoms with Crippen molar-refractivity contribution in [2.24, 2.45) is 0 Å². The van der Waals surface area contributed by atoms with E-state index in [4.69, 9.17) is 14.5 Å². The summed E-state index contributed by atoms with van der Waals surface area (Å²) >= 11 is 1.36. The lowest BCUT2D eigenvalue weighted by Gasteiger charge is -2.25. The van der Waals surface area contributed by atoms with Crippen LogP contribution in [0.2, 0.25) is 0 Å². The van der Waals surface area contributed by atoms with E-state index in [1.807, 2.05) is 50.2 Å². The van der Waals surface area contributed by atoms with Crippen LogP contribution in [0, 0.1) is 13.8 Å². The third-order valence-corrected chi connectivity index (χ3v) is 8.38. The Morgan fingerprint density at radius 2 is 1.68 bits per heavy atom. The minimum atomic E-state index is -0.857. The molecule has 0 radical (unpaired) electrons. The zero-order valence-electron chi connectivity index (χ0n) is 23.1. The van der Waals surface area contributed by atoms with Crippen molar-refractivity contribution in [2.75, 3.05) is 18.1 Å². The van der Waals surface area contributed by atoms with Crippen LogP contribution in [0.4, 0.5) is 5.13 Å². The molecule has 1 fully saturated rings. The third-order valence-electron chi connectivity index (χ3n) is 7.38. The highest BCUT2D eigenvalue weighted by Gasteiger charge is 2.48. The van der Waals surface area contributed by atoms with E-state index in [0.717, 1.165) is 26.9 Å². The molecule has 0 spiro atoms. The molecule has 3 heterocycles. The second-order valence-electron chi connectivity index (χ2n) is 11.3. The standard InChI is InChI=1S/C32H30N2O5S/c1-17-14-18(2)26-24(15-17)40-31(33-26)34-27(19-6-9-21(10-7-19)32(3,4)5)25(29(36)30(34)37)28(35)20-8-11-22-23(16-20)39-13-12-38-22/h6-11,14-16,27,35H,12-13H2,1-5H3/t27-/m0/s1. The quantitative estimate of drug-likeness (QED) is 0.174. The Kier molecular flexibility index (Phi) is 6.18. The van der Waals surface area contributed by atoms with Crippen LogP contribution in [0.5, 0.6) is 11.5 Å². The summed E-state index contributed by atoms with van der Waals surface area (Å²) in [6.07, 6.45) is 0. The van der Waals surface area contributed by atoms with Gasteiger partial charge in [0.25, 0.3) is 5.78 Å². The van der Waals surface area contributed by atoms with Gasteiger partial charge in [-0.05, 0) is 65.8 Å². The van der Waals surface area contributed by atoms with Gasteiger partial charge >= 0.3 is 5.91 Å². The van der Waals surface area contributed by atoms with Gasteiger partial charge < -0.3 is 14.6 Å². The highest BCUT2D eigenvalue weighted by molar-refractivity contribution is 7.22. The summed E-state index contributed by atoms with van der Waals surface area (Å²) in [5.41, 5.74) is 5.01. The predicted molar refractivity (Wildman–Crippen MR) is 156 cm³/mol. The second-order valence-corrected chi connectivity index (χ2v) is 12.3. The lowest BCUT2D eigenvalue weighted by atomic mass is 9.85. The lowest BCUT2D eigenvalue weighted by molar-refractivity contribution is -0.132. The van der Waals surface area contributed by atoms with Gasteiger partial charge in [0.1, 0.15) is 19.0 Å². The Labute approximate surface area is 236 Å². The van der Waals surface area contributed by atoms with Crippen molar-refractivity contribution in [1.29, 1.82) is 0 Å². The van der Waals surface area contributed by atoms with Gasteiger partial charge in [-0.25, -0.2) is 4.98 Å². The number of aliphatic hydroxyl groups excluding tert-OH is 1. The number of Topliss-reactive ketones (excluding diaryl/α,β-unsaturated/α-hetero) is 1. The summed E-state index contributed by atoms with van der Waals surface area (Å²) in [6, 6.07) is 16.1. The maximum atomic E-state index is 13.7. The first-order valence-corrected chi connectivity index (χ1v) is 14.0. The number of aliphatic hydroxyl groups is 1. The zero-order valence-corrected chi connectivity index (χ0v) is 23.9. The Morgan fingerprint density at radius 1 is 0.975 bits per heavy atom. The van der Waals surface area contributed by atoms with Crippen molar-refractivity contribution in [1.82, 2.24) is 4.98 Å². The van der Waals surface area contributed by atoms with Crippen LogP contribution in [0.1, 0.15) is 54.6 Å². The fourth-order valence-corrected chi connectivity index (χ4v) is 6.49. The number of benzene rings is 3. The minimum absolute atomic E-state index is 0.0114. The molecule has 0 unspecified atom stereocenters. The highest BCUT2D eigenvalue weighted by atomic mass is 32.1. The molecule has 1 saturated heterocycles. The number of hydrogen-bond acceptors (Lipinski definition) is 7. The molecule has 7 nitrogen and oxygen atoms in total. The van der Waals surface area contributed by atoms with Crippen LogP contribution in [0.15, 0.2) is 60.2 Å². The van der Waals surface area contributed by atoms with Crippen LogP contribution in [-0.2, 0) is 15.0 Å². The Balaban J connectivity index is 1.54. The van der Waals surface area contributed by atoms with Crippen LogP contribution < -0.4 is 14.4 Å². The number of thiazole rings is 1. The first-order chi connectivity index (χ1) is 19.0. The molecule has 2 aliphatic rings. The van der Waals surface area contributed by atoms with Gasteiger partial charge in [0.15, 0.2) is 16.6 Å². The topological polar surface area (TPSA) is 89.0 Å². The van der Waals surface area contributed by atoms with Gasteiger partial charge in [-0.3, -0.25) is 14.5 Å². The van der Waals surface area contributed by atoms with Crippen LogP contribution >= 0.6 is 11.3 Å². The monoisotopic (exact) mass is 554 g/mol. The molecule has 0 bridgehead atoms. The molecule has 6 rings (SSSR count). The first-order valence-electron chi connectivity index (χ1n) is 13.2. The van der Waals surface area contributed by atoms with E-state index in [9.17, 15) is 14.7 Å². The highest BCUT2D eigenvalue weighted by Crippen LogP contribution is 2.45. The molecular formula is C32H30N2O5S. The van der Waals surface area contributed by atoms with Gasteiger partial charge in [-0.15, -0.1) is 0 Å². The van der Waals surface area contributed by atoms with E-state index in [0.29, 0.717) is 41.0 Å². The molecule has 8 heteroatoms. The largest absolute Gasteiger partial charge is 0.507 e. The molecule has 1 atom stereocenters. The van der Waals surface area contributed by atoms with Crippen molar-refractivity contribution in [3.8, 4) is 11.5 Å². The SMILES string of the molecule is Cc1cc(C)c2nc(N3C(=O)C(=O)C(=C(O)c4ccc5c(c4)OCCO5)[C@@H]3c3ccc(C(C)(C)C)cc3)sc2c1. The molecular weight excluding hydrogens is 524 g/mol. The smallest absolute Gasteiger partial charge is 0.301 e. The number of carbonyl (C=O) groups excluding carboxylic acids is 2. The second kappa shape index (κ2) is 9.48. The van der Waals surface area contributed by atoms with Crippen molar-refractivity contribution < 1.29 is 24.2 Å². The zero-order chi connectivity index (χ0) is 28.3. The first kappa shape index (κ1) is 26.1. The molecule has 2 aliphatic heterocycles. The summed E-state index contributed by atoms with van der Waals surface area (Å²) in [5, 5.41) is 12.0. The molecule has 1 aromatic heterocycles. The number of ether oxygens (including phenoxy) is 2. The number of aryl methyl sites for hydroxylation is 2. The molecule has 1 amide bonds. The molecule has 0 aliphatic carbocycles. The number of amides is 1. The number of aromatic nitrogens is 1. The number of anilines is 1. The number of carbonyl (C=O) groups is 2. The average Bonchev–Trinajstić information content (AvgIpc) is 3.46. The number of hydrogen-bond donors (Lipinski definition) is 1. The van der Waals surface area contributed by atoms with Crippen molar-refractivity contribution in [3.05, 3.63) is 88.0 Å². The van der Waals surface area contributed by atoms with Gasteiger partial charge in [0.05, 0.1) is 21.8 Å². The van der Waals surface area contributed by atoms with Crippen LogP contribution in [-0.4, -0.2) is 35.0 Å². The minimum Gasteiger partial charge on any atom is -0.507 e. The van der Waals surface area contributed by atoms with E-state index in [-0.39, 0.29) is 16.7 Å². The molecule has 3 aromatic carbocycles. The van der Waals surface area contributed by atoms with E-state index in [1.165, 1.54) is 16.2 Å². The maximum absolute atomic E-state index is 13.7. The predicted octanol–water partition coefficient (Wildman–Crippen LogP) is 6.61. The summed E-state index contributed by atoms with van der Waals surface area (Å²) in [6.45, 7) is 11.2. The number of rotatable bonds is 3. The van der Waals surface area contributed by atoms with Crippen LogP contribution in [0.3, 0.4) is 0 Å². The normalized spacial score (nSPS) is 18.5. The van der Waals surface area contributed by atoms with Crippen molar-refractivity contribution >= 4 is 44.1 Å². The van der Waals surface area contributed by atoms with Crippen molar-refractivity contribution in [2.45, 2.75) is 46.1 Å². The fraction of sp³-hybridized carbons (Fsp3) is 0.281. The molecule has 40 heavy (non-hydrogen) atoms. The van der Waals surface area contributed by atoms with Gasteiger partial charge in [0.2, 0.25) is 0 Å². The maximum Gasteiger partial charge on any atom is 0.301 e. The Morgan fingerprint density at radius 3 is 2.38 bits per heavy atom. The number of ketones is 1. The molecule has 4 aromatic rings. The number of nitrogens with zero attached hydrogens (tertiary/aromatic N) is 2.